The number of carboxylic acids is 1. The summed E-state index contributed by atoms with van der Waals surface area (Å²) in [6.07, 6.45) is -3.29. The van der Waals surface area contributed by atoms with Crippen molar-refractivity contribution in [2.75, 3.05) is 31.1 Å². The number of halogens is 3. The van der Waals surface area contributed by atoms with Crippen LogP contribution >= 0.6 is 11.3 Å². The highest BCUT2D eigenvalue weighted by molar-refractivity contribution is 7.89. The molecule has 0 spiro atoms. The minimum atomic E-state index is -4.53. The monoisotopic (exact) mass is 421 g/mol. The average Bonchev–Trinajstić information content (AvgIpc) is 3.12. The zero-order valence-electron chi connectivity index (χ0n) is 13.7. The van der Waals surface area contributed by atoms with Gasteiger partial charge in [-0.2, -0.15) is 17.5 Å². The molecule has 1 fully saturated rings. The van der Waals surface area contributed by atoms with Crippen LogP contribution in [0.4, 0.5) is 18.3 Å². The fourth-order valence-electron chi connectivity index (χ4n) is 2.59. The Morgan fingerprint density at radius 1 is 1.11 bits per heavy atom. The third-order valence-corrected chi connectivity index (χ3v) is 6.99. The van der Waals surface area contributed by atoms with Gasteiger partial charge in [-0.05, 0) is 24.3 Å². The summed E-state index contributed by atoms with van der Waals surface area (Å²) in [5.74, 6) is -1.08. The van der Waals surface area contributed by atoms with E-state index in [1.54, 1.807) is 4.90 Å². The van der Waals surface area contributed by atoms with Crippen molar-refractivity contribution >= 4 is 32.5 Å². The lowest BCUT2D eigenvalue weighted by Crippen LogP contribution is -2.48. The molecule has 1 aromatic carbocycles. The number of aromatic nitrogens is 1. The van der Waals surface area contributed by atoms with Gasteiger partial charge in [0.25, 0.3) is 0 Å². The number of aromatic carboxylic acids is 1. The Balaban J connectivity index is 1.70. The maximum absolute atomic E-state index is 12.6. The summed E-state index contributed by atoms with van der Waals surface area (Å²) >= 11 is 0.997. The molecule has 3 rings (SSSR count). The first-order valence-corrected chi connectivity index (χ1v) is 9.96. The van der Waals surface area contributed by atoms with Crippen LogP contribution in [0.25, 0.3) is 0 Å². The summed E-state index contributed by atoms with van der Waals surface area (Å²) in [4.78, 5) is 16.6. The van der Waals surface area contributed by atoms with Crippen molar-refractivity contribution in [3.05, 3.63) is 40.9 Å². The lowest BCUT2D eigenvalue weighted by atomic mass is 10.2. The molecule has 1 aliphatic rings. The Bertz CT molecular complexity index is 934. The molecule has 0 amide bonds. The first-order valence-electron chi connectivity index (χ1n) is 7.70. The largest absolute Gasteiger partial charge is 0.477 e. The molecule has 0 radical (unpaired) electrons. The summed E-state index contributed by atoms with van der Waals surface area (Å²) in [5, 5.41) is 9.42. The van der Waals surface area contributed by atoms with Gasteiger partial charge in [-0.25, -0.2) is 18.2 Å². The van der Waals surface area contributed by atoms with Gasteiger partial charge in [0.1, 0.15) is 4.88 Å². The highest BCUT2D eigenvalue weighted by Gasteiger charge is 2.33. The van der Waals surface area contributed by atoms with E-state index in [9.17, 15) is 26.4 Å². The number of carbonyl (C=O) groups is 1. The van der Waals surface area contributed by atoms with Crippen LogP contribution in [-0.4, -0.2) is 55.0 Å². The van der Waals surface area contributed by atoms with Gasteiger partial charge < -0.3 is 10.0 Å². The number of thiazole rings is 1. The lowest BCUT2D eigenvalue weighted by molar-refractivity contribution is -0.137. The molecule has 0 aliphatic carbocycles. The fraction of sp³-hybridized carbons (Fsp3) is 0.333. The average molecular weight is 421 g/mol. The van der Waals surface area contributed by atoms with Gasteiger partial charge in [-0.3, -0.25) is 0 Å². The number of sulfonamides is 1. The second-order valence-electron chi connectivity index (χ2n) is 5.73. The Labute approximate surface area is 156 Å². The molecule has 7 nitrogen and oxygen atoms in total. The van der Waals surface area contributed by atoms with Crippen LogP contribution in [0.3, 0.4) is 0 Å². The number of nitrogens with zero attached hydrogens (tertiary/aromatic N) is 3. The molecule has 12 heteroatoms. The van der Waals surface area contributed by atoms with E-state index in [0.29, 0.717) is 18.2 Å². The molecule has 1 aromatic heterocycles. The molecular formula is C15H14F3N3O4S2. The summed E-state index contributed by atoms with van der Waals surface area (Å²) in [6, 6.07) is 3.38. The number of rotatable bonds is 4. The van der Waals surface area contributed by atoms with Crippen LogP contribution in [0.2, 0.25) is 0 Å². The molecular weight excluding hydrogens is 407 g/mol. The number of alkyl halides is 3. The molecule has 0 atom stereocenters. The molecule has 146 valence electrons. The van der Waals surface area contributed by atoms with Crippen molar-refractivity contribution < 1.29 is 31.5 Å². The number of benzene rings is 1. The maximum Gasteiger partial charge on any atom is 0.416 e. The van der Waals surface area contributed by atoms with E-state index < -0.39 is 27.7 Å². The van der Waals surface area contributed by atoms with Crippen LogP contribution in [0.5, 0.6) is 0 Å². The zero-order valence-corrected chi connectivity index (χ0v) is 15.3. The van der Waals surface area contributed by atoms with Gasteiger partial charge in [-0.1, -0.05) is 11.3 Å². The maximum atomic E-state index is 12.6. The third-order valence-electron chi connectivity index (χ3n) is 4.03. The van der Waals surface area contributed by atoms with E-state index in [1.165, 1.54) is 10.5 Å². The molecule has 2 heterocycles. The topological polar surface area (TPSA) is 90.8 Å². The first kappa shape index (κ1) is 19.6. The molecule has 0 unspecified atom stereocenters. The molecule has 1 N–H and O–H groups in total. The third kappa shape index (κ3) is 4.06. The van der Waals surface area contributed by atoms with Crippen molar-refractivity contribution in [2.45, 2.75) is 11.1 Å². The lowest BCUT2D eigenvalue weighted by Gasteiger charge is -2.33. The SMILES string of the molecule is O=C(O)c1cnc(N2CCN(S(=O)(=O)c3ccc(C(F)(F)F)cc3)CC2)s1. The fourth-order valence-corrected chi connectivity index (χ4v) is 4.82. The predicted octanol–water partition coefficient (Wildman–Crippen LogP) is 2.37. The van der Waals surface area contributed by atoms with Gasteiger partial charge >= 0.3 is 12.1 Å². The van der Waals surface area contributed by atoms with Crippen molar-refractivity contribution in [3.63, 3.8) is 0 Å². The van der Waals surface area contributed by atoms with E-state index in [4.69, 9.17) is 5.11 Å². The minimum Gasteiger partial charge on any atom is -0.477 e. The number of carboxylic acid groups (broad SMARTS) is 1. The smallest absolute Gasteiger partial charge is 0.416 e. The van der Waals surface area contributed by atoms with Crippen molar-refractivity contribution in [1.82, 2.24) is 9.29 Å². The minimum absolute atomic E-state index is 0.0878. The van der Waals surface area contributed by atoms with E-state index in [-0.39, 0.29) is 22.9 Å². The molecule has 27 heavy (non-hydrogen) atoms. The van der Waals surface area contributed by atoms with Crippen LogP contribution in [0.1, 0.15) is 15.2 Å². The van der Waals surface area contributed by atoms with Crippen molar-refractivity contribution in [2.24, 2.45) is 0 Å². The first-order chi connectivity index (χ1) is 12.6. The Kier molecular flexibility index (Phi) is 5.14. The van der Waals surface area contributed by atoms with Crippen LogP contribution in [0.15, 0.2) is 35.4 Å². The second kappa shape index (κ2) is 7.09. The molecule has 1 saturated heterocycles. The standard InChI is InChI=1S/C15H14F3N3O4S2/c16-15(17,18)10-1-3-11(4-2-10)27(24,25)21-7-5-20(6-8-21)14-19-9-12(26-14)13(22)23/h1-4,9H,5-8H2,(H,22,23). The number of piperazine rings is 1. The van der Waals surface area contributed by atoms with Crippen molar-refractivity contribution in [1.29, 1.82) is 0 Å². The zero-order chi connectivity index (χ0) is 19.8. The Morgan fingerprint density at radius 3 is 2.19 bits per heavy atom. The molecule has 0 saturated carbocycles. The molecule has 0 bridgehead atoms. The normalized spacial score (nSPS) is 16.5. The van der Waals surface area contributed by atoms with Gasteiger partial charge in [-0.15, -0.1) is 0 Å². The highest BCUT2D eigenvalue weighted by atomic mass is 32.2. The number of hydrogen-bond donors (Lipinski definition) is 1. The van der Waals surface area contributed by atoms with Crippen LogP contribution in [0, 0.1) is 0 Å². The van der Waals surface area contributed by atoms with Crippen LogP contribution in [-0.2, 0) is 16.2 Å². The number of hydrogen-bond acceptors (Lipinski definition) is 6. The molecule has 1 aliphatic heterocycles. The van der Waals surface area contributed by atoms with Gasteiger partial charge in [0.05, 0.1) is 16.7 Å². The summed E-state index contributed by atoms with van der Waals surface area (Å²) in [7, 11) is -3.91. The van der Waals surface area contributed by atoms with E-state index >= 15 is 0 Å². The summed E-state index contributed by atoms with van der Waals surface area (Å²) in [5.41, 5.74) is -0.913. The second-order valence-corrected chi connectivity index (χ2v) is 8.67. The number of anilines is 1. The Morgan fingerprint density at radius 2 is 1.70 bits per heavy atom. The van der Waals surface area contributed by atoms with Gasteiger partial charge in [0.15, 0.2) is 5.13 Å². The van der Waals surface area contributed by atoms with E-state index in [2.05, 4.69) is 4.98 Å². The van der Waals surface area contributed by atoms with Crippen molar-refractivity contribution in [3.8, 4) is 0 Å². The molecule has 2 aromatic rings. The summed E-state index contributed by atoms with van der Waals surface area (Å²) < 4.78 is 64.3. The summed E-state index contributed by atoms with van der Waals surface area (Å²) in [6.45, 7) is 0.829. The van der Waals surface area contributed by atoms with Gasteiger partial charge in [0.2, 0.25) is 10.0 Å². The van der Waals surface area contributed by atoms with E-state index in [0.717, 1.165) is 35.6 Å². The predicted molar refractivity (Wildman–Crippen MR) is 91.5 cm³/mol. The quantitative estimate of drug-likeness (QED) is 0.815. The van der Waals surface area contributed by atoms with E-state index in [1.807, 2.05) is 0 Å². The highest BCUT2D eigenvalue weighted by Crippen LogP contribution is 2.30. The van der Waals surface area contributed by atoms with Gasteiger partial charge in [0, 0.05) is 26.2 Å². The Hall–Kier alpha value is -2.18. The van der Waals surface area contributed by atoms with Crippen LogP contribution < -0.4 is 4.90 Å².